The van der Waals surface area contributed by atoms with Crippen LogP contribution in [0.15, 0.2) is 36.9 Å². The Kier molecular flexibility index (Phi) is 11.4. The molecule has 0 aliphatic rings. The number of nitrogens with zero attached hydrogens (tertiary/aromatic N) is 6. The number of ether oxygens (including phenoxy) is 2. The van der Waals surface area contributed by atoms with E-state index in [4.69, 9.17) is 25.3 Å². The molecule has 12 nitrogen and oxygen atoms in total. The zero-order chi connectivity index (χ0) is 33.4. The Balaban J connectivity index is 1.49. The lowest BCUT2D eigenvalue weighted by molar-refractivity contribution is 0.0510. The maximum atomic E-state index is 12.6. The minimum absolute atomic E-state index is 0.315. The highest BCUT2D eigenvalue weighted by Gasteiger charge is 2.22. The first-order valence-electron chi connectivity index (χ1n) is 15.9. The summed E-state index contributed by atoms with van der Waals surface area (Å²) in [5.74, 6) is 0.204. The maximum absolute atomic E-state index is 12.6. The van der Waals surface area contributed by atoms with Gasteiger partial charge in [-0.25, -0.2) is 9.78 Å². The van der Waals surface area contributed by atoms with Crippen LogP contribution in [0.2, 0.25) is 0 Å². The van der Waals surface area contributed by atoms with E-state index in [1.54, 1.807) is 23.9 Å². The third-order valence-electron chi connectivity index (χ3n) is 7.79. The number of amides is 1. The normalized spacial score (nSPS) is 11.4. The summed E-state index contributed by atoms with van der Waals surface area (Å²) < 4.78 is 16.6. The summed E-state index contributed by atoms with van der Waals surface area (Å²) >= 11 is 0. The topological polar surface area (TPSA) is 144 Å². The smallest absolute Gasteiger partial charge is 0.356 e. The van der Waals surface area contributed by atoms with Crippen molar-refractivity contribution < 1.29 is 19.1 Å². The fraction of sp³-hybridized carbons (Fsp3) is 0.441. The van der Waals surface area contributed by atoms with Crippen LogP contribution in [-0.2, 0) is 30.8 Å². The van der Waals surface area contributed by atoms with Crippen LogP contribution in [0.5, 0.6) is 5.75 Å². The van der Waals surface area contributed by atoms with Crippen molar-refractivity contribution in [3.05, 3.63) is 70.8 Å². The zero-order valence-corrected chi connectivity index (χ0v) is 27.9. The minimum Gasteiger partial charge on any atom is -0.494 e. The van der Waals surface area contributed by atoms with Gasteiger partial charge >= 0.3 is 5.97 Å². The number of carbonyl (C=O) groups is 2. The number of nitrogens with two attached hydrogens (primary N) is 1. The van der Waals surface area contributed by atoms with Gasteiger partial charge in [-0.1, -0.05) is 32.1 Å². The molecule has 3 heterocycles. The number of methoxy groups -OCH3 is 1. The summed E-state index contributed by atoms with van der Waals surface area (Å²) in [6, 6.07) is 5.31. The van der Waals surface area contributed by atoms with Crippen LogP contribution in [0.1, 0.15) is 89.9 Å². The zero-order valence-electron chi connectivity index (χ0n) is 27.9. The Morgan fingerprint density at radius 2 is 1.83 bits per heavy atom. The van der Waals surface area contributed by atoms with Crippen molar-refractivity contribution in [3.63, 3.8) is 0 Å². The number of allylic oxidation sites excluding steroid dienone is 2. The first-order chi connectivity index (χ1) is 22.1. The third-order valence-corrected chi connectivity index (χ3v) is 7.79. The lowest BCUT2D eigenvalue weighted by atomic mass is 10.0. The lowest BCUT2D eigenvalue weighted by Gasteiger charge is -2.14. The van der Waals surface area contributed by atoms with Gasteiger partial charge in [0.2, 0.25) is 11.9 Å². The monoisotopic (exact) mass is 630 g/mol. The highest BCUT2D eigenvalue weighted by Crippen LogP contribution is 2.32. The molecule has 0 unspecified atom stereocenters. The van der Waals surface area contributed by atoms with Gasteiger partial charge in [-0.2, -0.15) is 10.2 Å². The number of benzene rings is 1. The average Bonchev–Trinajstić information content (AvgIpc) is 3.68. The standard InChI is InChI=1S/C34H46N8O4/c1-8-11-14-17-40-31-27(20-25(32(35)43)21-29(31)45-7)37-34(40)36-24(6)28-19-22(4)38-42(28)18-15-12-13-16-26-23(5)39-41(9-2)30(26)33(44)46-10-3/h11,14,19-21H,6,8-10,12-13,15-18H2,1-5,7H3,(H2,35,43)(H,36,37)/b14-11+. The number of rotatable bonds is 17. The van der Waals surface area contributed by atoms with Gasteiger partial charge in [-0.05, 0) is 71.6 Å². The van der Waals surface area contributed by atoms with Gasteiger partial charge in [0.1, 0.15) is 17.0 Å². The molecule has 1 aromatic carbocycles. The van der Waals surface area contributed by atoms with Crippen molar-refractivity contribution in [2.24, 2.45) is 5.73 Å². The predicted octanol–water partition coefficient (Wildman–Crippen LogP) is 5.81. The number of carbonyl (C=O) groups excluding carboxylic acids is 2. The molecule has 4 aromatic rings. The van der Waals surface area contributed by atoms with E-state index in [2.05, 4.69) is 36.1 Å². The fourth-order valence-electron chi connectivity index (χ4n) is 5.62. The van der Waals surface area contributed by atoms with Crippen molar-refractivity contribution in [2.75, 3.05) is 19.0 Å². The molecule has 0 aliphatic carbocycles. The average molecular weight is 631 g/mol. The number of imidazole rings is 1. The molecule has 246 valence electrons. The second kappa shape index (κ2) is 15.4. The van der Waals surface area contributed by atoms with E-state index >= 15 is 0 Å². The third kappa shape index (κ3) is 7.49. The molecule has 3 aromatic heterocycles. The van der Waals surface area contributed by atoms with Gasteiger partial charge < -0.3 is 25.1 Å². The molecular formula is C34H46N8O4. The Hall–Kier alpha value is -4.87. The number of nitrogens with one attached hydrogen (secondary N) is 1. The molecule has 3 N–H and O–H groups in total. The van der Waals surface area contributed by atoms with Crippen LogP contribution >= 0.6 is 0 Å². The Morgan fingerprint density at radius 3 is 2.50 bits per heavy atom. The van der Waals surface area contributed by atoms with E-state index in [1.807, 2.05) is 43.0 Å². The largest absolute Gasteiger partial charge is 0.494 e. The fourth-order valence-corrected chi connectivity index (χ4v) is 5.62. The molecule has 1 amide bonds. The minimum atomic E-state index is -0.551. The molecule has 0 saturated heterocycles. The highest BCUT2D eigenvalue weighted by atomic mass is 16.5. The first kappa shape index (κ1) is 34.0. The number of unbranched alkanes of at least 4 members (excludes halogenated alkanes) is 2. The van der Waals surface area contributed by atoms with E-state index < -0.39 is 5.91 Å². The summed E-state index contributed by atoms with van der Waals surface area (Å²) in [6.45, 7) is 16.3. The number of esters is 1. The summed E-state index contributed by atoms with van der Waals surface area (Å²) in [7, 11) is 1.56. The van der Waals surface area contributed by atoms with Gasteiger partial charge in [-0.15, -0.1) is 0 Å². The Bertz CT molecular complexity index is 1740. The molecule has 46 heavy (non-hydrogen) atoms. The van der Waals surface area contributed by atoms with Gasteiger partial charge in [0.25, 0.3) is 0 Å². The van der Waals surface area contributed by atoms with Crippen molar-refractivity contribution >= 4 is 34.6 Å². The van der Waals surface area contributed by atoms with E-state index in [0.717, 1.165) is 60.3 Å². The van der Waals surface area contributed by atoms with E-state index in [1.165, 1.54) is 0 Å². The second-order valence-corrected chi connectivity index (χ2v) is 11.1. The first-order valence-corrected chi connectivity index (χ1v) is 15.9. The van der Waals surface area contributed by atoms with Crippen LogP contribution < -0.4 is 15.8 Å². The van der Waals surface area contributed by atoms with Crippen molar-refractivity contribution in [2.45, 2.75) is 86.4 Å². The lowest BCUT2D eigenvalue weighted by Crippen LogP contribution is -2.14. The number of fused-ring (bicyclic) bond motifs is 1. The van der Waals surface area contributed by atoms with Crippen LogP contribution in [0.25, 0.3) is 16.7 Å². The van der Waals surface area contributed by atoms with Crippen LogP contribution in [0.3, 0.4) is 0 Å². The van der Waals surface area contributed by atoms with Crippen molar-refractivity contribution in [1.29, 1.82) is 0 Å². The van der Waals surface area contributed by atoms with Gasteiger partial charge in [0.15, 0.2) is 0 Å². The molecule has 0 spiro atoms. The van der Waals surface area contributed by atoms with Crippen molar-refractivity contribution in [3.8, 4) is 5.75 Å². The quantitative estimate of drug-likeness (QED) is 0.0845. The van der Waals surface area contributed by atoms with Crippen molar-refractivity contribution in [1.82, 2.24) is 29.1 Å². The molecule has 0 bridgehead atoms. The molecule has 0 fully saturated rings. The van der Waals surface area contributed by atoms with Crippen LogP contribution in [-0.4, -0.2) is 54.7 Å². The second-order valence-electron chi connectivity index (χ2n) is 11.1. The summed E-state index contributed by atoms with van der Waals surface area (Å²) in [4.78, 5) is 29.4. The number of aromatic nitrogens is 6. The van der Waals surface area contributed by atoms with Gasteiger partial charge in [0, 0.05) is 30.8 Å². The maximum Gasteiger partial charge on any atom is 0.356 e. The summed E-state index contributed by atoms with van der Waals surface area (Å²) in [6.07, 6.45) is 8.55. The number of aryl methyl sites for hydroxylation is 4. The number of anilines is 1. The van der Waals surface area contributed by atoms with Crippen LogP contribution in [0, 0.1) is 13.8 Å². The molecular weight excluding hydrogens is 584 g/mol. The molecule has 12 heteroatoms. The molecule has 0 radical (unpaired) electrons. The SMILES string of the molecule is C=C(Nc1nc2cc(C(N)=O)cc(OC)c2n1C/C=C/CC)c1cc(C)nn1CCCCCc1c(C)nn(CC)c1C(=O)OCC. The Morgan fingerprint density at radius 1 is 1.04 bits per heavy atom. The van der Waals surface area contributed by atoms with E-state index in [0.29, 0.717) is 60.4 Å². The molecule has 0 saturated carbocycles. The van der Waals surface area contributed by atoms with Crippen LogP contribution in [0.4, 0.5) is 5.95 Å². The predicted molar refractivity (Wildman–Crippen MR) is 180 cm³/mol. The number of hydrogen-bond acceptors (Lipinski definition) is 8. The van der Waals surface area contributed by atoms with Gasteiger partial charge in [0.05, 0.1) is 42.0 Å². The summed E-state index contributed by atoms with van der Waals surface area (Å²) in [5.41, 5.74) is 12.0. The summed E-state index contributed by atoms with van der Waals surface area (Å²) in [5, 5.41) is 12.7. The molecule has 4 rings (SSSR count). The number of hydrogen-bond donors (Lipinski definition) is 2. The Labute approximate surface area is 270 Å². The van der Waals surface area contributed by atoms with E-state index in [-0.39, 0.29) is 5.97 Å². The van der Waals surface area contributed by atoms with Gasteiger partial charge in [-0.3, -0.25) is 14.2 Å². The molecule has 0 aliphatic heterocycles. The highest BCUT2D eigenvalue weighted by molar-refractivity contribution is 5.99. The number of primary amides is 1. The molecule has 0 atom stereocenters. The van der Waals surface area contributed by atoms with E-state index in [9.17, 15) is 9.59 Å².